The zero-order valence-corrected chi connectivity index (χ0v) is 11.1. The smallest absolute Gasteiger partial charge is 0.0210 e. The first-order valence-electron chi connectivity index (χ1n) is 6.27. The van der Waals surface area contributed by atoms with Gasteiger partial charge >= 0.3 is 0 Å². The minimum Gasteiger partial charge on any atom is -0.316 e. The Balaban J connectivity index is 1.97. The fraction of sp³-hybridized carbons (Fsp3) is 0.571. The van der Waals surface area contributed by atoms with Crippen LogP contribution in [-0.2, 0) is 0 Å². The summed E-state index contributed by atoms with van der Waals surface area (Å²) in [5.74, 6) is 0.713. The maximum atomic E-state index is 3.71. The third-order valence-electron chi connectivity index (χ3n) is 4.44. The molecule has 1 heterocycles. The van der Waals surface area contributed by atoms with Crippen LogP contribution in [0.15, 0.2) is 28.7 Å². The summed E-state index contributed by atoms with van der Waals surface area (Å²) >= 11 is 3.71. The number of hydrogen-bond donors (Lipinski definition) is 1. The molecule has 1 aliphatic carbocycles. The van der Waals surface area contributed by atoms with Gasteiger partial charge in [0.1, 0.15) is 0 Å². The van der Waals surface area contributed by atoms with Crippen LogP contribution >= 0.6 is 15.9 Å². The molecular weight excluding hydrogens is 262 g/mol. The Morgan fingerprint density at radius 1 is 1.19 bits per heavy atom. The van der Waals surface area contributed by atoms with E-state index in [9.17, 15) is 0 Å². The standard InChI is InChI=1S/C14H18BrN/c15-13-6-2-1-5-11(13)12-9-16-10-14(12)7-3-4-8-14/h1-2,5-6,12,16H,3-4,7-10H2/t12-/m0/s1. The van der Waals surface area contributed by atoms with Crippen LogP contribution in [0.25, 0.3) is 0 Å². The van der Waals surface area contributed by atoms with Crippen LogP contribution in [-0.4, -0.2) is 13.1 Å². The molecule has 1 aromatic rings. The molecule has 1 atom stereocenters. The molecule has 1 saturated heterocycles. The van der Waals surface area contributed by atoms with Crippen LogP contribution in [0.5, 0.6) is 0 Å². The van der Waals surface area contributed by atoms with E-state index in [0.717, 1.165) is 6.54 Å². The lowest BCUT2D eigenvalue weighted by molar-refractivity contribution is 0.294. The van der Waals surface area contributed by atoms with E-state index in [-0.39, 0.29) is 0 Å². The van der Waals surface area contributed by atoms with Gasteiger partial charge in [-0.3, -0.25) is 0 Å². The van der Waals surface area contributed by atoms with E-state index < -0.39 is 0 Å². The first-order valence-corrected chi connectivity index (χ1v) is 7.06. The van der Waals surface area contributed by atoms with Gasteiger partial charge in [0.25, 0.3) is 0 Å². The number of hydrogen-bond acceptors (Lipinski definition) is 1. The van der Waals surface area contributed by atoms with E-state index in [1.54, 1.807) is 0 Å². The summed E-state index contributed by atoms with van der Waals surface area (Å²) in [7, 11) is 0. The van der Waals surface area contributed by atoms with Crippen molar-refractivity contribution in [2.45, 2.75) is 31.6 Å². The van der Waals surface area contributed by atoms with Crippen molar-refractivity contribution in [3.63, 3.8) is 0 Å². The largest absolute Gasteiger partial charge is 0.316 e. The van der Waals surface area contributed by atoms with Gasteiger partial charge in [0.2, 0.25) is 0 Å². The highest BCUT2D eigenvalue weighted by Gasteiger charge is 2.45. The van der Waals surface area contributed by atoms with E-state index in [0.29, 0.717) is 11.3 Å². The van der Waals surface area contributed by atoms with Crippen molar-refractivity contribution < 1.29 is 0 Å². The average molecular weight is 280 g/mol. The van der Waals surface area contributed by atoms with E-state index in [1.807, 2.05) is 0 Å². The Labute approximate surface area is 106 Å². The zero-order chi connectivity index (χ0) is 11.0. The minimum absolute atomic E-state index is 0.559. The van der Waals surface area contributed by atoms with Gasteiger partial charge in [0.15, 0.2) is 0 Å². The maximum absolute atomic E-state index is 3.71. The highest BCUT2D eigenvalue weighted by molar-refractivity contribution is 9.10. The molecule has 1 aliphatic heterocycles. The lowest BCUT2D eigenvalue weighted by Gasteiger charge is -2.31. The molecule has 0 aromatic heterocycles. The zero-order valence-electron chi connectivity index (χ0n) is 9.51. The van der Waals surface area contributed by atoms with Gasteiger partial charge < -0.3 is 5.32 Å². The summed E-state index contributed by atoms with van der Waals surface area (Å²) in [6.45, 7) is 2.38. The first kappa shape index (κ1) is 10.8. The molecule has 86 valence electrons. The molecule has 0 unspecified atom stereocenters. The molecular formula is C14H18BrN. The van der Waals surface area contributed by atoms with Gasteiger partial charge in [-0.05, 0) is 29.9 Å². The highest BCUT2D eigenvalue weighted by Crippen LogP contribution is 2.51. The fourth-order valence-corrected chi connectivity index (χ4v) is 4.17. The molecule has 1 nitrogen and oxygen atoms in total. The summed E-state index contributed by atoms with van der Waals surface area (Å²) in [5.41, 5.74) is 2.07. The molecule has 1 spiro atoms. The topological polar surface area (TPSA) is 12.0 Å². The van der Waals surface area contributed by atoms with E-state index in [1.165, 1.54) is 42.3 Å². The molecule has 2 heteroatoms. The Morgan fingerprint density at radius 2 is 1.94 bits per heavy atom. The molecule has 16 heavy (non-hydrogen) atoms. The molecule has 3 rings (SSSR count). The Kier molecular flexibility index (Phi) is 2.80. The molecule has 0 amide bonds. The summed E-state index contributed by atoms with van der Waals surface area (Å²) in [4.78, 5) is 0. The van der Waals surface area contributed by atoms with Crippen LogP contribution < -0.4 is 5.32 Å². The van der Waals surface area contributed by atoms with Crippen molar-refractivity contribution in [1.29, 1.82) is 0 Å². The quantitative estimate of drug-likeness (QED) is 0.827. The molecule has 2 aliphatic rings. The summed E-state index contributed by atoms with van der Waals surface area (Å²) < 4.78 is 1.29. The van der Waals surface area contributed by atoms with E-state index in [2.05, 4.69) is 45.5 Å². The van der Waals surface area contributed by atoms with Gasteiger partial charge in [-0.15, -0.1) is 0 Å². The van der Waals surface area contributed by atoms with Gasteiger partial charge in [-0.1, -0.05) is 47.0 Å². The number of rotatable bonds is 1. The first-order chi connectivity index (χ1) is 7.82. The SMILES string of the molecule is Brc1ccccc1[C@@H]1CNCC12CCCC2. The summed E-state index contributed by atoms with van der Waals surface area (Å²) in [6, 6.07) is 8.75. The lowest BCUT2D eigenvalue weighted by atomic mass is 9.73. The fourth-order valence-electron chi connectivity index (χ4n) is 3.61. The number of halogens is 1. The Morgan fingerprint density at radius 3 is 2.69 bits per heavy atom. The number of benzene rings is 1. The molecule has 2 fully saturated rings. The van der Waals surface area contributed by atoms with Crippen molar-refractivity contribution in [3.8, 4) is 0 Å². The highest BCUT2D eigenvalue weighted by atomic mass is 79.9. The van der Waals surface area contributed by atoms with Crippen molar-refractivity contribution in [2.24, 2.45) is 5.41 Å². The van der Waals surface area contributed by atoms with Crippen LogP contribution in [0.4, 0.5) is 0 Å². The minimum atomic E-state index is 0.559. The molecule has 1 aromatic carbocycles. The molecule has 1 saturated carbocycles. The summed E-state index contributed by atoms with van der Waals surface area (Å²) in [6.07, 6.45) is 5.66. The van der Waals surface area contributed by atoms with E-state index >= 15 is 0 Å². The number of nitrogens with one attached hydrogen (secondary N) is 1. The third-order valence-corrected chi connectivity index (χ3v) is 5.17. The van der Waals surface area contributed by atoms with E-state index in [4.69, 9.17) is 0 Å². The van der Waals surface area contributed by atoms with Crippen LogP contribution in [0, 0.1) is 5.41 Å². The Bertz CT molecular complexity index is 377. The van der Waals surface area contributed by atoms with Crippen LogP contribution in [0.2, 0.25) is 0 Å². The van der Waals surface area contributed by atoms with Crippen LogP contribution in [0.1, 0.15) is 37.2 Å². The Hall–Kier alpha value is -0.340. The van der Waals surface area contributed by atoms with Gasteiger partial charge in [-0.25, -0.2) is 0 Å². The molecule has 1 N–H and O–H groups in total. The van der Waals surface area contributed by atoms with Gasteiger partial charge in [0.05, 0.1) is 0 Å². The monoisotopic (exact) mass is 279 g/mol. The lowest BCUT2D eigenvalue weighted by Crippen LogP contribution is -2.25. The molecule has 0 radical (unpaired) electrons. The van der Waals surface area contributed by atoms with Crippen molar-refractivity contribution in [2.75, 3.05) is 13.1 Å². The maximum Gasteiger partial charge on any atom is 0.0210 e. The van der Waals surface area contributed by atoms with Gasteiger partial charge in [0, 0.05) is 23.5 Å². The van der Waals surface area contributed by atoms with Crippen molar-refractivity contribution in [3.05, 3.63) is 34.3 Å². The predicted octanol–water partition coefficient (Wildman–Crippen LogP) is 3.70. The third kappa shape index (κ3) is 1.63. The van der Waals surface area contributed by atoms with Crippen molar-refractivity contribution in [1.82, 2.24) is 5.32 Å². The normalized spacial score (nSPS) is 27.7. The van der Waals surface area contributed by atoms with Gasteiger partial charge in [-0.2, -0.15) is 0 Å². The second-order valence-corrected chi connectivity index (χ2v) is 6.13. The van der Waals surface area contributed by atoms with Crippen molar-refractivity contribution >= 4 is 15.9 Å². The van der Waals surface area contributed by atoms with Crippen LogP contribution in [0.3, 0.4) is 0 Å². The average Bonchev–Trinajstić information content (AvgIpc) is 2.91. The second-order valence-electron chi connectivity index (χ2n) is 5.27. The summed E-state index contributed by atoms with van der Waals surface area (Å²) in [5, 5.41) is 3.61. The molecule has 0 bridgehead atoms. The second kappa shape index (κ2) is 4.15. The predicted molar refractivity (Wildman–Crippen MR) is 70.7 cm³/mol.